The molecule has 0 saturated heterocycles. The summed E-state index contributed by atoms with van der Waals surface area (Å²) < 4.78 is 10.4. The van der Waals surface area contributed by atoms with Crippen LogP contribution in [0.4, 0.5) is 0 Å². The molecule has 0 spiro atoms. The second kappa shape index (κ2) is 4.41. The van der Waals surface area contributed by atoms with Gasteiger partial charge in [-0.2, -0.15) is 0 Å². The van der Waals surface area contributed by atoms with Crippen molar-refractivity contribution in [3.8, 4) is 17.1 Å². The molecule has 0 radical (unpaired) electrons. The number of hydrogen-bond donors (Lipinski definition) is 0. The standard InChI is InChI=1S/C13H13NO3/c1-8-6-10(4-5-12(8)16-3)13-11(7-15)9(2)14-17-13/h4-7H,1-3H3. The zero-order valence-electron chi connectivity index (χ0n) is 9.98. The van der Waals surface area contributed by atoms with Crippen molar-refractivity contribution in [1.29, 1.82) is 0 Å². The number of hydrogen-bond acceptors (Lipinski definition) is 4. The Balaban J connectivity index is 2.53. The summed E-state index contributed by atoms with van der Waals surface area (Å²) in [5.74, 6) is 1.31. The summed E-state index contributed by atoms with van der Waals surface area (Å²) in [6.45, 7) is 3.68. The summed E-state index contributed by atoms with van der Waals surface area (Å²) in [6, 6.07) is 5.60. The summed E-state index contributed by atoms with van der Waals surface area (Å²) >= 11 is 0. The lowest BCUT2D eigenvalue weighted by molar-refractivity contribution is 0.112. The quantitative estimate of drug-likeness (QED) is 0.762. The Morgan fingerprint density at radius 1 is 1.35 bits per heavy atom. The van der Waals surface area contributed by atoms with E-state index in [1.54, 1.807) is 14.0 Å². The van der Waals surface area contributed by atoms with Crippen LogP contribution in [0.15, 0.2) is 22.7 Å². The van der Waals surface area contributed by atoms with Gasteiger partial charge in [-0.05, 0) is 37.6 Å². The molecule has 17 heavy (non-hydrogen) atoms. The predicted octanol–water partition coefficient (Wildman–Crippen LogP) is 2.78. The van der Waals surface area contributed by atoms with Gasteiger partial charge in [-0.25, -0.2) is 0 Å². The average molecular weight is 231 g/mol. The van der Waals surface area contributed by atoms with E-state index in [2.05, 4.69) is 5.16 Å². The number of rotatable bonds is 3. The van der Waals surface area contributed by atoms with Gasteiger partial charge < -0.3 is 9.26 Å². The van der Waals surface area contributed by atoms with Gasteiger partial charge in [-0.1, -0.05) is 5.16 Å². The highest BCUT2D eigenvalue weighted by atomic mass is 16.5. The van der Waals surface area contributed by atoms with Gasteiger partial charge in [-0.3, -0.25) is 4.79 Å². The van der Waals surface area contributed by atoms with E-state index in [0.29, 0.717) is 17.0 Å². The fourth-order valence-corrected chi connectivity index (χ4v) is 1.74. The molecule has 1 aromatic carbocycles. The normalized spacial score (nSPS) is 10.3. The van der Waals surface area contributed by atoms with Crippen molar-refractivity contribution in [2.75, 3.05) is 7.11 Å². The number of methoxy groups -OCH3 is 1. The van der Waals surface area contributed by atoms with Gasteiger partial charge in [0.2, 0.25) is 0 Å². The number of carbonyl (C=O) groups excluding carboxylic acids is 1. The highest BCUT2D eigenvalue weighted by Crippen LogP contribution is 2.29. The number of benzene rings is 1. The molecule has 4 nitrogen and oxygen atoms in total. The zero-order valence-corrected chi connectivity index (χ0v) is 9.98. The maximum Gasteiger partial charge on any atom is 0.177 e. The van der Waals surface area contributed by atoms with Crippen LogP contribution in [0.1, 0.15) is 21.6 Å². The van der Waals surface area contributed by atoms with E-state index < -0.39 is 0 Å². The van der Waals surface area contributed by atoms with Crippen LogP contribution in [0, 0.1) is 13.8 Å². The maximum atomic E-state index is 11.0. The molecule has 0 unspecified atom stereocenters. The molecule has 4 heteroatoms. The van der Waals surface area contributed by atoms with Crippen molar-refractivity contribution in [1.82, 2.24) is 5.16 Å². The van der Waals surface area contributed by atoms with E-state index in [9.17, 15) is 4.79 Å². The minimum Gasteiger partial charge on any atom is -0.496 e. The van der Waals surface area contributed by atoms with Crippen molar-refractivity contribution in [3.63, 3.8) is 0 Å². The number of aryl methyl sites for hydroxylation is 2. The van der Waals surface area contributed by atoms with Gasteiger partial charge in [-0.15, -0.1) is 0 Å². The first kappa shape index (κ1) is 11.4. The van der Waals surface area contributed by atoms with Crippen molar-refractivity contribution in [3.05, 3.63) is 35.0 Å². The van der Waals surface area contributed by atoms with Crippen molar-refractivity contribution >= 4 is 6.29 Å². The van der Waals surface area contributed by atoms with Crippen LogP contribution in [0.5, 0.6) is 5.75 Å². The number of aldehydes is 1. The Kier molecular flexibility index (Phi) is 2.95. The van der Waals surface area contributed by atoms with Crippen LogP contribution < -0.4 is 4.74 Å². The number of carbonyl (C=O) groups is 1. The van der Waals surface area contributed by atoms with Gasteiger partial charge in [0.25, 0.3) is 0 Å². The van der Waals surface area contributed by atoms with Gasteiger partial charge in [0.15, 0.2) is 12.0 Å². The molecular weight excluding hydrogens is 218 g/mol. The summed E-state index contributed by atoms with van der Waals surface area (Å²) in [5, 5.41) is 3.80. The molecule has 0 bridgehead atoms. The highest BCUT2D eigenvalue weighted by Gasteiger charge is 2.14. The highest BCUT2D eigenvalue weighted by molar-refractivity contribution is 5.86. The van der Waals surface area contributed by atoms with Crippen LogP contribution in [0.2, 0.25) is 0 Å². The number of nitrogens with zero attached hydrogens (tertiary/aromatic N) is 1. The fourth-order valence-electron chi connectivity index (χ4n) is 1.74. The van der Waals surface area contributed by atoms with Gasteiger partial charge in [0.05, 0.1) is 18.4 Å². The molecule has 1 heterocycles. The topological polar surface area (TPSA) is 52.3 Å². The van der Waals surface area contributed by atoms with E-state index >= 15 is 0 Å². The third-order valence-corrected chi connectivity index (χ3v) is 2.68. The molecule has 0 N–H and O–H groups in total. The van der Waals surface area contributed by atoms with E-state index in [-0.39, 0.29) is 0 Å². The number of ether oxygens (including phenoxy) is 1. The minimum atomic E-state index is 0.495. The Morgan fingerprint density at radius 3 is 2.71 bits per heavy atom. The monoisotopic (exact) mass is 231 g/mol. The second-order valence-electron chi connectivity index (χ2n) is 3.81. The molecule has 0 atom stereocenters. The third-order valence-electron chi connectivity index (χ3n) is 2.68. The molecule has 0 fully saturated rings. The molecule has 88 valence electrons. The fraction of sp³-hybridized carbons (Fsp3) is 0.231. The van der Waals surface area contributed by atoms with Crippen molar-refractivity contribution < 1.29 is 14.1 Å². The van der Waals surface area contributed by atoms with Crippen LogP contribution in [-0.2, 0) is 0 Å². The van der Waals surface area contributed by atoms with Crippen molar-refractivity contribution in [2.24, 2.45) is 0 Å². The lowest BCUT2D eigenvalue weighted by Gasteiger charge is -2.05. The van der Waals surface area contributed by atoms with Gasteiger partial charge in [0, 0.05) is 5.56 Å². The van der Waals surface area contributed by atoms with Gasteiger partial charge in [0.1, 0.15) is 5.75 Å². The molecule has 0 saturated carbocycles. The Bertz CT molecular complexity index is 558. The summed E-state index contributed by atoms with van der Waals surface area (Å²) in [7, 11) is 1.62. The lowest BCUT2D eigenvalue weighted by Crippen LogP contribution is -1.89. The summed E-state index contributed by atoms with van der Waals surface area (Å²) in [5.41, 5.74) is 2.90. The first-order valence-electron chi connectivity index (χ1n) is 5.24. The lowest BCUT2D eigenvalue weighted by atomic mass is 10.1. The maximum absolute atomic E-state index is 11.0. The molecule has 0 aliphatic heterocycles. The molecule has 0 aliphatic rings. The molecule has 0 aliphatic carbocycles. The summed E-state index contributed by atoms with van der Waals surface area (Å²) in [6.07, 6.45) is 0.765. The molecule has 0 amide bonds. The van der Waals surface area contributed by atoms with E-state index in [0.717, 1.165) is 23.2 Å². The zero-order chi connectivity index (χ0) is 12.4. The van der Waals surface area contributed by atoms with Crippen LogP contribution >= 0.6 is 0 Å². The molecule has 2 rings (SSSR count). The number of aromatic nitrogens is 1. The smallest absolute Gasteiger partial charge is 0.177 e. The Hall–Kier alpha value is -2.10. The van der Waals surface area contributed by atoms with Crippen molar-refractivity contribution in [2.45, 2.75) is 13.8 Å². The van der Waals surface area contributed by atoms with Crippen LogP contribution in [-0.4, -0.2) is 18.6 Å². The molecule has 2 aromatic rings. The third kappa shape index (κ3) is 1.93. The van der Waals surface area contributed by atoms with E-state index in [1.807, 2.05) is 25.1 Å². The predicted molar refractivity (Wildman–Crippen MR) is 63.4 cm³/mol. The first-order chi connectivity index (χ1) is 8.17. The van der Waals surface area contributed by atoms with Gasteiger partial charge >= 0.3 is 0 Å². The average Bonchev–Trinajstić information content (AvgIpc) is 2.70. The minimum absolute atomic E-state index is 0.495. The Morgan fingerprint density at radius 2 is 2.12 bits per heavy atom. The largest absolute Gasteiger partial charge is 0.496 e. The molecular formula is C13H13NO3. The van der Waals surface area contributed by atoms with E-state index in [4.69, 9.17) is 9.26 Å². The van der Waals surface area contributed by atoms with E-state index in [1.165, 1.54) is 0 Å². The first-order valence-corrected chi connectivity index (χ1v) is 5.24. The van der Waals surface area contributed by atoms with Crippen LogP contribution in [0.25, 0.3) is 11.3 Å². The summed E-state index contributed by atoms with van der Waals surface area (Å²) in [4.78, 5) is 11.0. The Labute approximate surface area is 99.2 Å². The second-order valence-corrected chi connectivity index (χ2v) is 3.81. The SMILES string of the molecule is COc1ccc(-c2onc(C)c2C=O)cc1C. The molecule has 1 aromatic heterocycles. The van der Waals surface area contributed by atoms with Crippen LogP contribution in [0.3, 0.4) is 0 Å².